The third kappa shape index (κ3) is 3.40. The molecular formula is C14H14F3N5O3. The lowest BCUT2D eigenvalue weighted by molar-refractivity contribution is -0.351. The van der Waals surface area contributed by atoms with E-state index in [1.165, 1.54) is 16.8 Å². The number of aryl methyl sites for hydroxylation is 1. The lowest BCUT2D eigenvalue weighted by Gasteiger charge is -2.35. The molecule has 3 rings (SSSR count). The van der Waals surface area contributed by atoms with Crippen molar-refractivity contribution in [2.45, 2.75) is 38.3 Å². The number of alkyl halides is 3. The second-order valence-corrected chi connectivity index (χ2v) is 5.72. The summed E-state index contributed by atoms with van der Waals surface area (Å²) in [6.07, 6.45) is -4.20. The van der Waals surface area contributed by atoms with Crippen molar-refractivity contribution in [3.8, 4) is 0 Å². The molecule has 0 aromatic carbocycles. The largest absolute Gasteiger partial charge is 0.522 e. The molecule has 2 amide bonds. The van der Waals surface area contributed by atoms with Gasteiger partial charge in [0, 0.05) is 12.2 Å². The van der Waals surface area contributed by atoms with Crippen LogP contribution >= 0.6 is 0 Å². The van der Waals surface area contributed by atoms with E-state index in [2.05, 4.69) is 20.1 Å². The Bertz CT molecular complexity index is 842. The van der Waals surface area contributed by atoms with Crippen LogP contribution in [0.5, 0.6) is 0 Å². The van der Waals surface area contributed by atoms with E-state index in [1.807, 2.05) is 0 Å². The van der Waals surface area contributed by atoms with Gasteiger partial charge in [-0.1, -0.05) is 0 Å². The molecule has 11 heteroatoms. The highest BCUT2D eigenvalue weighted by atomic mass is 19.4. The van der Waals surface area contributed by atoms with Gasteiger partial charge in [-0.15, -0.1) is 13.2 Å². The Morgan fingerprint density at radius 2 is 2.08 bits per heavy atom. The first kappa shape index (κ1) is 17.1. The van der Waals surface area contributed by atoms with Gasteiger partial charge in [-0.05, 0) is 25.8 Å². The highest BCUT2D eigenvalue weighted by Crippen LogP contribution is 2.30. The van der Waals surface area contributed by atoms with Crippen molar-refractivity contribution in [2.75, 3.05) is 0 Å². The number of fused-ring (bicyclic) bond motifs is 1. The molecule has 25 heavy (non-hydrogen) atoms. The van der Waals surface area contributed by atoms with Crippen molar-refractivity contribution >= 4 is 17.5 Å². The summed E-state index contributed by atoms with van der Waals surface area (Å²) in [4.78, 5) is 27.9. The molecular weight excluding hydrogens is 343 g/mol. The molecule has 1 aliphatic rings. The van der Waals surface area contributed by atoms with E-state index in [4.69, 9.17) is 5.73 Å². The Morgan fingerprint density at radius 3 is 2.68 bits per heavy atom. The van der Waals surface area contributed by atoms with Crippen molar-refractivity contribution in [1.82, 2.24) is 19.9 Å². The molecule has 0 spiro atoms. The lowest BCUT2D eigenvalue weighted by atomic mass is 9.89. The molecule has 1 fully saturated rings. The molecule has 0 atom stereocenters. The molecule has 2 heterocycles. The van der Waals surface area contributed by atoms with Gasteiger partial charge in [-0.25, -0.2) is 9.50 Å². The highest BCUT2D eigenvalue weighted by molar-refractivity contribution is 6.01. The average molecular weight is 357 g/mol. The maximum absolute atomic E-state index is 12.4. The van der Waals surface area contributed by atoms with Gasteiger partial charge >= 0.3 is 6.36 Å². The minimum atomic E-state index is -4.69. The zero-order valence-electron chi connectivity index (χ0n) is 13.0. The number of primary amides is 1. The van der Waals surface area contributed by atoms with Gasteiger partial charge in [-0.2, -0.15) is 5.10 Å². The standard InChI is InChI=1S/C14H14F3N5O3/c1-6-10(11(18)23)12-19-3-2-9(22(12)21-6)13(24)20-7-4-8(5-7)25-14(15,16)17/h2-3,7-8H,4-5H2,1H3,(H2,18,23)(H,20,24)/t7-,8+. The van der Waals surface area contributed by atoms with Crippen molar-refractivity contribution in [2.24, 2.45) is 5.73 Å². The first-order chi connectivity index (χ1) is 11.7. The fourth-order valence-corrected chi connectivity index (χ4v) is 2.74. The molecule has 0 bridgehead atoms. The number of nitrogens with two attached hydrogens (primary N) is 1. The first-order valence-corrected chi connectivity index (χ1v) is 7.35. The van der Waals surface area contributed by atoms with Gasteiger partial charge in [-0.3, -0.25) is 14.3 Å². The number of rotatable bonds is 4. The molecule has 0 radical (unpaired) electrons. The number of nitrogens with one attached hydrogen (secondary N) is 1. The number of ether oxygens (including phenoxy) is 1. The molecule has 2 aromatic heterocycles. The number of carbonyl (C=O) groups is 2. The van der Waals surface area contributed by atoms with Crippen molar-refractivity contribution < 1.29 is 27.5 Å². The molecule has 0 aliphatic heterocycles. The fourth-order valence-electron chi connectivity index (χ4n) is 2.74. The van der Waals surface area contributed by atoms with Crippen LogP contribution < -0.4 is 11.1 Å². The summed E-state index contributed by atoms with van der Waals surface area (Å²) in [7, 11) is 0. The number of hydrogen-bond acceptors (Lipinski definition) is 5. The number of amides is 2. The van der Waals surface area contributed by atoms with Gasteiger partial charge in [0.25, 0.3) is 11.8 Å². The fraction of sp³-hybridized carbons (Fsp3) is 0.429. The normalized spacial score (nSPS) is 20.3. The Balaban J connectivity index is 1.74. The van der Waals surface area contributed by atoms with E-state index in [0.29, 0.717) is 5.69 Å². The second kappa shape index (κ2) is 5.99. The first-order valence-electron chi connectivity index (χ1n) is 7.35. The quantitative estimate of drug-likeness (QED) is 0.846. The third-order valence-electron chi connectivity index (χ3n) is 3.90. The number of aromatic nitrogens is 3. The highest BCUT2D eigenvalue weighted by Gasteiger charge is 2.40. The number of hydrogen-bond donors (Lipinski definition) is 2. The van der Waals surface area contributed by atoms with E-state index in [9.17, 15) is 22.8 Å². The predicted molar refractivity (Wildman–Crippen MR) is 77.7 cm³/mol. The molecule has 8 nitrogen and oxygen atoms in total. The van der Waals surface area contributed by atoms with Crippen molar-refractivity contribution in [3.63, 3.8) is 0 Å². The lowest BCUT2D eigenvalue weighted by Crippen LogP contribution is -2.49. The summed E-state index contributed by atoms with van der Waals surface area (Å²) in [6.45, 7) is 1.56. The summed E-state index contributed by atoms with van der Waals surface area (Å²) in [6, 6.07) is 0.956. The predicted octanol–water partition coefficient (Wildman–Crippen LogP) is 0.934. The van der Waals surface area contributed by atoms with Crippen molar-refractivity contribution in [3.05, 3.63) is 29.2 Å². The van der Waals surface area contributed by atoms with E-state index < -0.39 is 30.3 Å². The molecule has 1 aliphatic carbocycles. The third-order valence-corrected chi connectivity index (χ3v) is 3.90. The van der Waals surface area contributed by atoms with Crippen LogP contribution in [0.1, 0.15) is 39.4 Å². The summed E-state index contributed by atoms with van der Waals surface area (Å²) >= 11 is 0. The Morgan fingerprint density at radius 1 is 1.40 bits per heavy atom. The number of halogens is 3. The molecule has 3 N–H and O–H groups in total. The topological polar surface area (TPSA) is 112 Å². The van der Waals surface area contributed by atoms with Crippen LogP contribution in [0.15, 0.2) is 12.3 Å². The van der Waals surface area contributed by atoms with Crippen LogP contribution in [0.25, 0.3) is 5.65 Å². The van der Waals surface area contributed by atoms with Gasteiger partial charge in [0.15, 0.2) is 5.65 Å². The average Bonchev–Trinajstić information content (AvgIpc) is 2.79. The van der Waals surface area contributed by atoms with Crippen LogP contribution in [0.3, 0.4) is 0 Å². The van der Waals surface area contributed by atoms with E-state index >= 15 is 0 Å². The summed E-state index contributed by atoms with van der Waals surface area (Å²) in [5.41, 5.74) is 5.96. The van der Waals surface area contributed by atoms with Gasteiger partial charge in [0.1, 0.15) is 11.3 Å². The Labute approximate surface area is 139 Å². The van der Waals surface area contributed by atoms with Gasteiger partial charge < -0.3 is 11.1 Å². The Hall–Kier alpha value is -2.69. The zero-order valence-corrected chi connectivity index (χ0v) is 13.0. The summed E-state index contributed by atoms with van der Waals surface area (Å²) < 4.78 is 41.4. The maximum Gasteiger partial charge on any atom is 0.522 e. The smallest absolute Gasteiger partial charge is 0.365 e. The van der Waals surface area contributed by atoms with Crippen LogP contribution in [0.2, 0.25) is 0 Å². The zero-order chi connectivity index (χ0) is 18.4. The molecule has 0 saturated heterocycles. The van der Waals surface area contributed by atoms with Crippen LogP contribution in [-0.4, -0.2) is 44.9 Å². The SMILES string of the molecule is Cc1nn2c(C(=O)N[C@H]3C[C@@H](OC(F)(F)F)C3)ccnc2c1C(N)=O. The molecule has 134 valence electrons. The number of nitrogens with zero attached hydrogens (tertiary/aromatic N) is 3. The van der Waals surface area contributed by atoms with Gasteiger partial charge in [0.2, 0.25) is 0 Å². The maximum atomic E-state index is 12.4. The number of carbonyl (C=O) groups excluding carboxylic acids is 2. The van der Waals surface area contributed by atoms with E-state index in [1.54, 1.807) is 6.92 Å². The molecule has 2 aromatic rings. The molecule has 1 saturated carbocycles. The minimum absolute atomic E-state index is 0.0597. The van der Waals surface area contributed by atoms with E-state index in [-0.39, 0.29) is 29.7 Å². The monoisotopic (exact) mass is 357 g/mol. The van der Waals surface area contributed by atoms with Crippen LogP contribution in [-0.2, 0) is 4.74 Å². The summed E-state index contributed by atoms with van der Waals surface area (Å²) in [5.74, 6) is -1.26. The van der Waals surface area contributed by atoms with Crippen LogP contribution in [0.4, 0.5) is 13.2 Å². The van der Waals surface area contributed by atoms with Crippen molar-refractivity contribution in [1.29, 1.82) is 0 Å². The molecule has 0 unspecified atom stereocenters. The Kier molecular flexibility index (Phi) is 4.11. The van der Waals surface area contributed by atoms with Crippen LogP contribution in [0, 0.1) is 6.92 Å². The minimum Gasteiger partial charge on any atom is -0.365 e. The van der Waals surface area contributed by atoms with E-state index in [0.717, 1.165) is 0 Å². The van der Waals surface area contributed by atoms with Gasteiger partial charge in [0.05, 0.1) is 11.8 Å². The second-order valence-electron chi connectivity index (χ2n) is 5.72. The summed E-state index contributed by atoms with van der Waals surface area (Å²) in [5, 5.41) is 6.70.